The highest BCUT2D eigenvalue weighted by atomic mass is 16.6. The van der Waals surface area contributed by atoms with E-state index in [2.05, 4.69) is 5.32 Å². The van der Waals surface area contributed by atoms with Crippen molar-refractivity contribution in [1.29, 1.82) is 0 Å². The normalized spacial score (nSPS) is 31.1. The number of esters is 1. The zero-order chi connectivity index (χ0) is 12.5. The molecule has 2 unspecified atom stereocenters. The summed E-state index contributed by atoms with van der Waals surface area (Å²) in [7, 11) is 0. The first kappa shape index (κ1) is 12.2. The van der Waals surface area contributed by atoms with Crippen molar-refractivity contribution >= 4 is 12.1 Å². The molecule has 0 saturated carbocycles. The van der Waals surface area contributed by atoms with Gasteiger partial charge in [0.15, 0.2) is 6.04 Å². The minimum absolute atomic E-state index is 0.280. The molecule has 2 saturated heterocycles. The van der Waals surface area contributed by atoms with E-state index < -0.39 is 23.7 Å². The first-order valence-electron chi connectivity index (χ1n) is 5.78. The molecule has 2 fully saturated rings. The van der Waals surface area contributed by atoms with Crippen LogP contribution >= 0.6 is 0 Å². The first-order valence-corrected chi connectivity index (χ1v) is 5.78. The Morgan fingerprint density at radius 3 is 2.65 bits per heavy atom. The molecule has 2 rings (SSSR count). The average Bonchev–Trinajstić information content (AvgIpc) is 2.27. The average molecular weight is 243 g/mol. The third-order valence-electron chi connectivity index (χ3n) is 3.19. The summed E-state index contributed by atoms with van der Waals surface area (Å²) in [6.45, 7) is 4.78. The summed E-state index contributed by atoms with van der Waals surface area (Å²) in [5, 5.41) is 2.51. The molecule has 2 atom stereocenters. The maximum Gasteiger partial charge on any atom is 0.408 e. The summed E-state index contributed by atoms with van der Waals surface area (Å²) >= 11 is 0. The third-order valence-corrected chi connectivity index (χ3v) is 3.19. The number of rotatable bonds is 2. The van der Waals surface area contributed by atoms with Crippen LogP contribution in [0.15, 0.2) is 0 Å². The Morgan fingerprint density at radius 2 is 2.12 bits per heavy atom. The SMILES string of the molecule is CC1OC(=O)C1NC(=O)OC1(C)CCOCC1. The second-order valence-corrected chi connectivity index (χ2v) is 4.72. The van der Waals surface area contributed by atoms with E-state index in [0.29, 0.717) is 26.1 Å². The number of carbonyl (C=O) groups is 2. The monoisotopic (exact) mass is 243 g/mol. The number of amides is 1. The Balaban J connectivity index is 1.82. The van der Waals surface area contributed by atoms with Gasteiger partial charge in [-0.25, -0.2) is 9.59 Å². The van der Waals surface area contributed by atoms with Gasteiger partial charge in [0.05, 0.1) is 13.2 Å². The van der Waals surface area contributed by atoms with Crippen LogP contribution in [0.2, 0.25) is 0 Å². The van der Waals surface area contributed by atoms with Crippen LogP contribution in [-0.2, 0) is 19.0 Å². The van der Waals surface area contributed by atoms with Crippen molar-refractivity contribution in [2.45, 2.75) is 44.4 Å². The van der Waals surface area contributed by atoms with E-state index in [1.54, 1.807) is 6.92 Å². The molecule has 2 heterocycles. The third kappa shape index (κ3) is 2.69. The fourth-order valence-corrected chi connectivity index (χ4v) is 1.91. The maximum atomic E-state index is 11.6. The molecule has 6 nitrogen and oxygen atoms in total. The molecule has 2 aliphatic rings. The minimum atomic E-state index is -0.578. The fourth-order valence-electron chi connectivity index (χ4n) is 1.91. The van der Waals surface area contributed by atoms with Gasteiger partial charge >= 0.3 is 12.1 Å². The Bertz CT molecular complexity index is 324. The molecule has 0 bridgehead atoms. The summed E-state index contributed by atoms with van der Waals surface area (Å²) in [5.74, 6) is -0.411. The van der Waals surface area contributed by atoms with Gasteiger partial charge in [-0.1, -0.05) is 0 Å². The van der Waals surface area contributed by atoms with Crippen molar-refractivity contribution in [2.24, 2.45) is 0 Å². The van der Waals surface area contributed by atoms with Gasteiger partial charge in [-0.2, -0.15) is 0 Å². The summed E-state index contributed by atoms with van der Waals surface area (Å²) in [6.07, 6.45) is 0.497. The zero-order valence-corrected chi connectivity index (χ0v) is 10.0. The summed E-state index contributed by atoms with van der Waals surface area (Å²) in [6, 6.07) is -0.578. The fraction of sp³-hybridized carbons (Fsp3) is 0.818. The Morgan fingerprint density at radius 1 is 1.47 bits per heavy atom. The molecule has 0 radical (unpaired) electrons. The number of nitrogens with one attached hydrogen (secondary N) is 1. The highest BCUT2D eigenvalue weighted by molar-refractivity contribution is 5.86. The van der Waals surface area contributed by atoms with Crippen LogP contribution in [0.4, 0.5) is 4.79 Å². The quantitative estimate of drug-likeness (QED) is 0.719. The molecule has 0 spiro atoms. The van der Waals surface area contributed by atoms with Gasteiger partial charge in [0, 0.05) is 12.8 Å². The van der Waals surface area contributed by atoms with Crippen LogP contribution < -0.4 is 5.32 Å². The molecule has 17 heavy (non-hydrogen) atoms. The molecule has 0 aromatic heterocycles. The number of hydrogen-bond acceptors (Lipinski definition) is 5. The number of ether oxygens (including phenoxy) is 3. The van der Waals surface area contributed by atoms with Crippen LogP contribution in [0.25, 0.3) is 0 Å². The van der Waals surface area contributed by atoms with Crippen molar-refractivity contribution < 1.29 is 23.8 Å². The van der Waals surface area contributed by atoms with E-state index in [9.17, 15) is 9.59 Å². The van der Waals surface area contributed by atoms with Gasteiger partial charge in [0.1, 0.15) is 11.7 Å². The molecule has 1 amide bonds. The highest BCUT2D eigenvalue weighted by Crippen LogP contribution is 2.24. The van der Waals surface area contributed by atoms with Crippen LogP contribution in [0, 0.1) is 0 Å². The molecule has 0 aromatic rings. The Hall–Kier alpha value is -1.30. The van der Waals surface area contributed by atoms with Crippen molar-refractivity contribution in [1.82, 2.24) is 5.32 Å². The van der Waals surface area contributed by atoms with Gasteiger partial charge in [-0.3, -0.25) is 0 Å². The van der Waals surface area contributed by atoms with Gasteiger partial charge in [0.25, 0.3) is 0 Å². The van der Waals surface area contributed by atoms with Gasteiger partial charge in [-0.15, -0.1) is 0 Å². The highest BCUT2D eigenvalue weighted by Gasteiger charge is 2.41. The number of cyclic esters (lactones) is 1. The molecule has 96 valence electrons. The van der Waals surface area contributed by atoms with E-state index in [-0.39, 0.29) is 6.10 Å². The predicted octanol–water partition coefficient (Wildman–Crippen LogP) is 0.596. The largest absolute Gasteiger partial charge is 0.458 e. The number of alkyl carbamates (subject to hydrolysis) is 1. The summed E-state index contributed by atoms with van der Waals surface area (Å²) < 4.78 is 15.3. The van der Waals surface area contributed by atoms with Crippen LogP contribution in [0.3, 0.4) is 0 Å². The second-order valence-electron chi connectivity index (χ2n) is 4.72. The van der Waals surface area contributed by atoms with E-state index in [1.807, 2.05) is 6.92 Å². The lowest BCUT2D eigenvalue weighted by Gasteiger charge is -2.36. The van der Waals surface area contributed by atoms with Crippen molar-refractivity contribution in [3.8, 4) is 0 Å². The van der Waals surface area contributed by atoms with Crippen LogP contribution in [-0.4, -0.2) is 43.0 Å². The Labute approximate surface area is 99.6 Å². The Kier molecular flexibility index (Phi) is 3.24. The minimum Gasteiger partial charge on any atom is -0.458 e. The van der Waals surface area contributed by atoms with Gasteiger partial charge in [0.2, 0.25) is 0 Å². The second kappa shape index (κ2) is 4.52. The van der Waals surface area contributed by atoms with Crippen LogP contribution in [0.1, 0.15) is 26.7 Å². The topological polar surface area (TPSA) is 73.9 Å². The first-order chi connectivity index (χ1) is 8.00. The number of carbonyl (C=O) groups excluding carboxylic acids is 2. The molecule has 6 heteroatoms. The van der Waals surface area contributed by atoms with Crippen molar-refractivity contribution in [3.63, 3.8) is 0 Å². The smallest absolute Gasteiger partial charge is 0.408 e. The standard InChI is InChI=1S/C11H17NO5/c1-7-8(9(13)16-7)12-10(14)17-11(2)3-5-15-6-4-11/h7-8H,3-6H2,1-2H3,(H,12,14). The lowest BCUT2D eigenvalue weighted by Crippen LogP contribution is -2.59. The lowest BCUT2D eigenvalue weighted by molar-refractivity contribution is -0.174. The maximum absolute atomic E-state index is 11.6. The molecule has 0 aromatic carbocycles. The predicted molar refractivity (Wildman–Crippen MR) is 57.4 cm³/mol. The summed E-state index contributed by atoms with van der Waals surface area (Å²) in [4.78, 5) is 22.7. The van der Waals surface area contributed by atoms with Crippen molar-refractivity contribution in [3.05, 3.63) is 0 Å². The van der Waals surface area contributed by atoms with Crippen molar-refractivity contribution in [2.75, 3.05) is 13.2 Å². The molecular formula is C11H17NO5. The molecule has 2 aliphatic heterocycles. The summed E-state index contributed by atoms with van der Waals surface area (Å²) in [5.41, 5.74) is -0.501. The molecular weight excluding hydrogens is 226 g/mol. The zero-order valence-electron chi connectivity index (χ0n) is 10.0. The van der Waals surface area contributed by atoms with Gasteiger partial charge < -0.3 is 19.5 Å². The lowest BCUT2D eigenvalue weighted by atomic mass is 9.97. The van der Waals surface area contributed by atoms with E-state index in [1.165, 1.54) is 0 Å². The van der Waals surface area contributed by atoms with Gasteiger partial charge in [-0.05, 0) is 13.8 Å². The van der Waals surface area contributed by atoms with E-state index in [4.69, 9.17) is 14.2 Å². The van der Waals surface area contributed by atoms with E-state index >= 15 is 0 Å². The van der Waals surface area contributed by atoms with E-state index in [0.717, 1.165) is 0 Å². The molecule has 0 aliphatic carbocycles. The number of hydrogen-bond donors (Lipinski definition) is 1. The molecule has 1 N–H and O–H groups in total. The van der Waals surface area contributed by atoms with Crippen LogP contribution in [0.5, 0.6) is 0 Å².